The van der Waals surface area contributed by atoms with Crippen LogP contribution in [0.4, 0.5) is 0 Å². The van der Waals surface area contributed by atoms with Crippen LogP contribution in [0.5, 0.6) is 5.75 Å². The molecule has 0 saturated carbocycles. The van der Waals surface area contributed by atoms with Crippen molar-refractivity contribution in [2.45, 2.75) is 32.7 Å². The van der Waals surface area contributed by atoms with E-state index >= 15 is 0 Å². The van der Waals surface area contributed by atoms with Crippen LogP contribution < -0.4 is 10.1 Å². The molecular formula is C22H24N2O2S. The Hall–Kier alpha value is -2.66. The monoisotopic (exact) mass is 380 g/mol. The van der Waals surface area contributed by atoms with Crippen molar-refractivity contribution in [2.24, 2.45) is 0 Å². The molecular weight excluding hydrogens is 356 g/mol. The molecule has 3 rings (SSSR count). The molecule has 0 radical (unpaired) electrons. The van der Waals surface area contributed by atoms with E-state index < -0.39 is 0 Å². The summed E-state index contributed by atoms with van der Waals surface area (Å²) < 4.78 is 5.72. The van der Waals surface area contributed by atoms with Crippen LogP contribution in [-0.4, -0.2) is 17.5 Å². The number of amides is 1. The summed E-state index contributed by atoms with van der Waals surface area (Å²) in [7, 11) is 0. The van der Waals surface area contributed by atoms with E-state index in [2.05, 4.69) is 22.4 Å². The van der Waals surface area contributed by atoms with Crippen molar-refractivity contribution < 1.29 is 9.53 Å². The minimum atomic E-state index is 0.0287. The highest BCUT2D eigenvalue weighted by atomic mass is 32.1. The Bertz CT molecular complexity index is 862. The molecule has 27 heavy (non-hydrogen) atoms. The molecule has 1 aromatic heterocycles. The number of ether oxygens (including phenoxy) is 1. The van der Waals surface area contributed by atoms with E-state index in [1.54, 1.807) is 11.3 Å². The van der Waals surface area contributed by atoms with Crippen LogP contribution >= 0.6 is 11.3 Å². The first-order valence-corrected chi connectivity index (χ1v) is 10.0. The zero-order valence-electron chi connectivity index (χ0n) is 15.5. The molecule has 140 valence electrons. The largest absolute Gasteiger partial charge is 0.493 e. The van der Waals surface area contributed by atoms with Gasteiger partial charge in [0.2, 0.25) is 5.91 Å². The highest BCUT2D eigenvalue weighted by molar-refractivity contribution is 7.09. The van der Waals surface area contributed by atoms with Gasteiger partial charge in [-0.3, -0.25) is 4.79 Å². The average molecular weight is 381 g/mol. The van der Waals surface area contributed by atoms with Crippen molar-refractivity contribution in [1.82, 2.24) is 10.3 Å². The third kappa shape index (κ3) is 6.22. The summed E-state index contributed by atoms with van der Waals surface area (Å²) in [5, 5.41) is 6.02. The number of carbonyl (C=O) groups excluding carboxylic acids is 1. The average Bonchev–Trinajstić information content (AvgIpc) is 3.13. The topological polar surface area (TPSA) is 51.2 Å². The molecule has 0 aliphatic carbocycles. The van der Waals surface area contributed by atoms with Crippen molar-refractivity contribution >= 4 is 17.2 Å². The van der Waals surface area contributed by atoms with E-state index in [1.165, 1.54) is 5.56 Å². The van der Waals surface area contributed by atoms with Gasteiger partial charge in [-0.2, -0.15) is 0 Å². The molecule has 0 atom stereocenters. The molecule has 1 N–H and O–H groups in total. The van der Waals surface area contributed by atoms with Crippen LogP contribution in [0.3, 0.4) is 0 Å². The molecule has 4 nitrogen and oxygen atoms in total. The number of benzene rings is 2. The summed E-state index contributed by atoms with van der Waals surface area (Å²) in [6.45, 7) is 3.03. The first-order chi connectivity index (χ1) is 13.2. The van der Waals surface area contributed by atoms with E-state index in [4.69, 9.17) is 4.74 Å². The number of hydrogen-bond donors (Lipinski definition) is 1. The molecule has 5 heteroatoms. The van der Waals surface area contributed by atoms with Gasteiger partial charge in [-0.15, -0.1) is 11.3 Å². The lowest BCUT2D eigenvalue weighted by Gasteiger charge is -2.08. The van der Waals surface area contributed by atoms with Gasteiger partial charge in [0.05, 0.1) is 23.9 Å². The quantitative estimate of drug-likeness (QED) is 0.555. The molecule has 2 aromatic carbocycles. The first kappa shape index (κ1) is 19.1. The van der Waals surface area contributed by atoms with Crippen LogP contribution in [0, 0.1) is 6.92 Å². The Labute approximate surface area is 164 Å². The Morgan fingerprint density at radius 2 is 1.89 bits per heavy atom. The van der Waals surface area contributed by atoms with Gasteiger partial charge >= 0.3 is 0 Å². The second-order valence-electron chi connectivity index (χ2n) is 6.39. The van der Waals surface area contributed by atoms with Crippen molar-refractivity contribution in [3.05, 3.63) is 81.8 Å². The minimum absolute atomic E-state index is 0.0287. The number of para-hydroxylation sites is 1. The highest BCUT2D eigenvalue weighted by Crippen LogP contribution is 2.17. The van der Waals surface area contributed by atoms with Crippen LogP contribution in [0.1, 0.15) is 34.7 Å². The summed E-state index contributed by atoms with van der Waals surface area (Å²) in [5.74, 6) is 0.910. The number of aromatic nitrogens is 1. The number of nitrogens with zero attached hydrogens (tertiary/aromatic N) is 1. The molecule has 3 aromatic rings. The Balaban J connectivity index is 1.35. The fourth-order valence-electron chi connectivity index (χ4n) is 2.69. The van der Waals surface area contributed by atoms with E-state index in [9.17, 15) is 4.79 Å². The van der Waals surface area contributed by atoms with Gasteiger partial charge in [-0.05, 0) is 30.5 Å². The summed E-state index contributed by atoms with van der Waals surface area (Å²) >= 11 is 1.63. The number of nitrogens with one attached hydrogen (secondary N) is 1. The van der Waals surface area contributed by atoms with Gasteiger partial charge in [0.1, 0.15) is 5.75 Å². The minimum Gasteiger partial charge on any atom is -0.493 e. The highest BCUT2D eigenvalue weighted by Gasteiger charge is 2.06. The maximum absolute atomic E-state index is 12.0. The Kier molecular flexibility index (Phi) is 6.99. The number of carbonyl (C=O) groups is 1. The second kappa shape index (κ2) is 9.88. The summed E-state index contributed by atoms with van der Waals surface area (Å²) in [4.78, 5) is 16.6. The molecule has 0 aliphatic rings. The van der Waals surface area contributed by atoms with Gasteiger partial charge in [0.15, 0.2) is 0 Å². The van der Waals surface area contributed by atoms with Gasteiger partial charge in [0.25, 0.3) is 0 Å². The van der Waals surface area contributed by atoms with Gasteiger partial charge < -0.3 is 10.1 Å². The SMILES string of the molecule is Cc1ccccc1OCCCC(=O)NCc1csc(Cc2ccccc2)n1. The van der Waals surface area contributed by atoms with E-state index in [-0.39, 0.29) is 5.91 Å². The predicted octanol–water partition coefficient (Wildman–Crippen LogP) is 4.52. The van der Waals surface area contributed by atoms with Gasteiger partial charge in [-0.25, -0.2) is 4.98 Å². The maximum Gasteiger partial charge on any atom is 0.220 e. The third-order valence-corrected chi connectivity index (χ3v) is 5.06. The van der Waals surface area contributed by atoms with Gasteiger partial charge in [0, 0.05) is 18.2 Å². The fourth-order valence-corrected chi connectivity index (χ4v) is 3.52. The van der Waals surface area contributed by atoms with E-state index in [1.807, 2.05) is 54.8 Å². The number of aryl methyl sites for hydroxylation is 1. The lowest BCUT2D eigenvalue weighted by atomic mass is 10.2. The molecule has 0 bridgehead atoms. The Morgan fingerprint density at radius 3 is 2.70 bits per heavy atom. The van der Waals surface area contributed by atoms with E-state index in [0.29, 0.717) is 26.0 Å². The van der Waals surface area contributed by atoms with Crippen LogP contribution in [0.25, 0.3) is 0 Å². The lowest BCUT2D eigenvalue weighted by Crippen LogP contribution is -2.23. The second-order valence-corrected chi connectivity index (χ2v) is 7.33. The van der Waals surface area contributed by atoms with Gasteiger partial charge in [-0.1, -0.05) is 48.5 Å². The van der Waals surface area contributed by atoms with Crippen molar-refractivity contribution in [2.75, 3.05) is 6.61 Å². The Morgan fingerprint density at radius 1 is 1.11 bits per heavy atom. The molecule has 0 aliphatic heterocycles. The maximum atomic E-state index is 12.0. The van der Waals surface area contributed by atoms with E-state index in [0.717, 1.165) is 28.4 Å². The third-order valence-electron chi connectivity index (χ3n) is 4.16. The summed E-state index contributed by atoms with van der Waals surface area (Å²) in [6.07, 6.45) is 1.97. The molecule has 1 heterocycles. The standard InChI is InChI=1S/C22H24N2O2S/c1-17-8-5-6-11-20(17)26-13-7-12-21(25)23-15-19-16-27-22(24-19)14-18-9-3-2-4-10-18/h2-6,8-11,16H,7,12-15H2,1H3,(H,23,25). The smallest absolute Gasteiger partial charge is 0.220 e. The van der Waals surface area contributed by atoms with Crippen LogP contribution in [-0.2, 0) is 17.8 Å². The van der Waals surface area contributed by atoms with Crippen molar-refractivity contribution in [3.63, 3.8) is 0 Å². The predicted molar refractivity (Wildman–Crippen MR) is 109 cm³/mol. The van der Waals surface area contributed by atoms with Crippen LogP contribution in [0.2, 0.25) is 0 Å². The zero-order chi connectivity index (χ0) is 18.9. The van der Waals surface area contributed by atoms with Crippen LogP contribution in [0.15, 0.2) is 60.0 Å². The van der Waals surface area contributed by atoms with Crippen molar-refractivity contribution in [1.29, 1.82) is 0 Å². The number of hydrogen-bond acceptors (Lipinski definition) is 4. The normalized spacial score (nSPS) is 10.6. The molecule has 0 fully saturated rings. The zero-order valence-corrected chi connectivity index (χ0v) is 16.3. The molecule has 0 spiro atoms. The molecule has 0 unspecified atom stereocenters. The summed E-state index contributed by atoms with van der Waals surface area (Å²) in [6, 6.07) is 18.2. The van der Waals surface area contributed by atoms with Crippen molar-refractivity contribution in [3.8, 4) is 5.75 Å². The fraction of sp³-hybridized carbons (Fsp3) is 0.273. The molecule has 1 amide bonds. The lowest BCUT2D eigenvalue weighted by molar-refractivity contribution is -0.121. The number of thiazole rings is 1. The first-order valence-electron chi connectivity index (χ1n) is 9.13. The number of rotatable bonds is 9. The molecule has 0 saturated heterocycles. The summed E-state index contributed by atoms with van der Waals surface area (Å²) in [5.41, 5.74) is 3.27.